The zero-order chi connectivity index (χ0) is 14.1. The van der Waals surface area contributed by atoms with Crippen LogP contribution in [0.15, 0.2) is 35.2 Å². The molecule has 1 aromatic carbocycles. The first kappa shape index (κ1) is 15.0. The Labute approximate surface area is 121 Å². The van der Waals surface area contributed by atoms with Crippen molar-refractivity contribution in [1.82, 2.24) is 4.31 Å². The molecule has 0 spiro atoms. The minimum absolute atomic E-state index is 0.0329. The Hall–Kier alpha value is -0.440. The van der Waals surface area contributed by atoms with Gasteiger partial charge in [-0.15, -0.1) is 0 Å². The van der Waals surface area contributed by atoms with Crippen LogP contribution in [-0.4, -0.2) is 44.1 Å². The summed E-state index contributed by atoms with van der Waals surface area (Å²) >= 11 is 2.92. The molecule has 0 saturated carbocycles. The standard InChI is InChI=1S/C11H14BrNO4S2/c12-9-18(14,15)13-7-6-11(8-13)19(16,17)10-4-2-1-3-5-10/h1-5,11H,6-9H2. The lowest BCUT2D eigenvalue weighted by Gasteiger charge is -2.15. The van der Waals surface area contributed by atoms with Crippen molar-refractivity contribution in [3.05, 3.63) is 30.3 Å². The lowest BCUT2D eigenvalue weighted by atomic mass is 10.4. The van der Waals surface area contributed by atoms with Crippen molar-refractivity contribution in [2.75, 3.05) is 17.8 Å². The van der Waals surface area contributed by atoms with Gasteiger partial charge < -0.3 is 0 Å². The summed E-state index contributed by atoms with van der Waals surface area (Å²) in [6.07, 6.45) is 0.337. The zero-order valence-electron chi connectivity index (χ0n) is 10.1. The van der Waals surface area contributed by atoms with Gasteiger partial charge in [0.1, 0.15) is 4.66 Å². The average Bonchev–Trinajstić information content (AvgIpc) is 2.91. The highest BCUT2D eigenvalue weighted by Gasteiger charge is 2.38. The molecule has 5 nitrogen and oxygen atoms in total. The molecule has 1 heterocycles. The van der Waals surface area contributed by atoms with Gasteiger partial charge in [0.25, 0.3) is 0 Å². The number of sulfone groups is 1. The van der Waals surface area contributed by atoms with Crippen molar-refractivity contribution in [1.29, 1.82) is 0 Å². The van der Waals surface area contributed by atoms with E-state index in [2.05, 4.69) is 15.9 Å². The predicted octanol–water partition coefficient (Wildman–Crippen LogP) is 1.22. The molecule has 0 radical (unpaired) electrons. The molecule has 0 bridgehead atoms. The van der Waals surface area contributed by atoms with E-state index in [1.54, 1.807) is 18.2 Å². The van der Waals surface area contributed by atoms with E-state index < -0.39 is 25.1 Å². The van der Waals surface area contributed by atoms with Crippen LogP contribution in [0.5, 0.6) is 0 Å². The third-order valence-corrected chi connectivity index (χ3v) is 8.47. The number of halogens is 1. The molecule has 1 unspecified atom stereocenters. The van der Waals surface area contributed by atoms with Crippen LogP contribution in [0.25, 0.3) is 0 Å². The van der Waals surface area contributed by atoms with E-state index in [-0.39, 0.29) is 22.6 Å². The molecular formula is C11H14BrNO4S2. The Morgan fingerprint density at radius 3 is 2.37 bits per heavy atom. The van der Waals surface area contributed by atoms with Crippen molar-refractivity contribution in [3.8, 4) is 0 Å². The third-order valence-electron chi connectivity index (χ3n) is 3.15. The van der Waals surface area contributed by atoms with Gasteiger partial charge in [0.2, 0.25) is 10.0 Å². The lowest BCUT2D eigenvalue weighted by Crippen LogP contribution is -2.32. The molecule has 0 N–H and O–H groups in total. The molecular weight excluding hydrogens is 354 g/mol. The van der Waals surface area contributed by atoms with E-state index in [4.69, 9.17) is 0 Å². The summed E-state index contributed by atoms with van der Waals surface area (Å²) in [7, 11) is -6.85. The smallest absolute Gasteiger partial charge is 0.223 e. The quantitative estimate of drug-likeness (QED) is 0.750. The van der Waals surface area contributed by atoms with Gasteiger partial charge in [-0.3, -0.25) is 0 Å². The Bertz CT molecular complexity index is 643. The van der Waals surface area contributed by atoms with Crippen molar-refractivity contribution < 1.29 is 16.8 Å². The molecule has 1 atom stereocenters. The number of alkyl halides is 1. The molecule has 1 aliphatic heterocycles. The topological polar surface area (TPSA) is 71.5 Å². The SMILES string of the molecule is O=S(=O)(c1ccccc1)C1CCN(S(=O)(=O)CBr)C1. The highest BCUT2D eigenvalue weighted by atomic mass is 79.9. The fraction of sp³-hybridized carbons (Fsp3) is 0.455. The van der Waals surface area contributed by atoms with Crippen LogP contribution in [-0.2, 0) is 19.9 Å². The maximum absolute atomic E-state index is 12.4. The minimum Gasteiger partial charge on any atom is -0.223 e. The van der Waals surface area contributed by atoms with E-state index >= 15 is 0 Å². The summed E-state index contributed by atoms with van der Waals surface area (Å²) in [5.41, 5.74) is 0. The molecule has 2 rings (SSSR count). The second kappa shape index (κ2) is 5.51. The van der Waals surface area contributed by atoms with Crippen molar-refractivity contribution >= 4 is 35.8 Å². The van der Waals surface area contributed by atoms with Crippen LogP contribution >= 0.6 is 15.9 Å². The van der Waals surface area contributed by atoms with Crippen LogP contribution in [0.2, 0.25) is 0 Å². The summed E-state index contributed by atoms with van der Waals surface area (Å²) in [4.78, 5) is 0.248. The Kier molecular flexibility index (Phi) is 4.34. The van der Waals surface area contributed by atoms with E-state index in [9.17, 15) is 16.8 Å². The summed E-state index contributed by atoms with van der Waals surface area (Å²) in [6, 6.07) is 8.15. The van der Waals surface area contributed by atoms with Gasteiger partial charge in [0.15, 0.2) is 9.84 Å². The molecule has 19 heavy (non-hydrogen) atoms. The van der Waals surface area contributed by atoms with Crippen LogP contribution in [0.1, 0.15) is 6.42 Å². The second-order valence-corrected chi connectivity index (χ2v) is 9.85. The monoisotopic (exact) mass is 367 g/mol. The first-order valence-electron chi connectivity index (χ1n) is 5.70. The highest BCUT2D eigenvalue weighted by molar-refractivity contribution is 9.10. The fourth-order valence-corrected chi connectivity index (χ4v) is 5.68. The Balaban J connectivity index is 2.22. The second-order valence-electron chi connectivity index (χ2n) is 4.35. The first-order valence-corrected chi connectivity index (χ1v) is 9.98. The molecule has 0 aliphatic carbocycles. The van der Waals surface area contributed by atoms with Crippen molar-refractivity contribution in [2.45, 2.75) is 16.6 Å². The van der Waals surface area contributed by atoms with E-state index in [0.717, 1.165) is 0 Å². The molecule has 8 heteroatoms. The van der Waals surface area contributed by atoms with Crippen molar-refractivity contribution in [2.24, 2.45) is 0 Å². The molecule has 0 aromatic heterocycles. The van der Waals surface area contributed by atoms with Gasteiger partial charge in [-0.25, -0.2) is 16.8 Å². The van der Waals surface area contributed by atoms with Crippen LogP contribution in [0.4, 0.5) is 0 Å². The van der Waals surface area contributed by atoms with Gasteiger partial charge in [-0.05, 0) is 18.6 Å². The predicted molar refractivity (Wildman–Crippen MR) is 76.3 cm³/mol. The molecule has 1 saturated heterocycles. The third kappa shape index (κ3) is 3.01. The maximum Gasteiger partial charge on any atom is 0.224 e. The number of hydrogen-bond acceptors (Lipinski definition) is 4. The zero-order valence-corrected chi connectivity index (χ0v) is 13.3. The minimum atomic E-state index is -3.46. The summed E-state index contributed by atoms with van der Waals surface area (Å²) in [6.45, 7) is 0.288. The van der Waals surface area contributed by atoms with E-state index in [1.165, 1.54) is 16.4 Å². The Morgan fingerprint density at radius 1 is 1.16 bits per heavy atom. The highest BCUT2D eigenvalue weighted by Crippen LogP contribution is 2.25. The normalized spacial score (nSPS) is 21.6. The summed E-state index contributed by atoms with van der Waals surface area (Å²) < 4.78 is 49.2. The molecule has 0 amide bonds. The average molecular weight is 368 g/mol. The van der Waals surface area contributed by atoms with Crippen molar-refractivity contribution in [3.63, 3.8) is 0 Å². The van der Waals surface area contributed by atoms with Crippen LogP contribution < -0.4 is 0 Å². The fourth-order valence-electron chi connectivity index (χ4n) is 2.08. The number of sulfonamides is 1. The van der Waals surface area contributed by atoms with Crippen LogP contribution in [0, 0.1) is 0 Å². The molecule has 106 valence electrons. The van der Waals surface area contributed by atoms with Gasteiger partial charge in [-0.1, -0.05) is 34.1 Å². The first-order chi connectivity index (χ1) is 8.88. The molecule has 1 aromatic rings. The van der Waals surface area contributed by atoms with E-state index in [1.807, 2.05) is 0 Å². The molecule has 1 fully saturated rings. The number of nitrogens with zero attached hydrogens (tertiary/aromatic N) is 1. The maximum atomic E-state index is 12.4. The summed E-state index contributed by atoms with van der Waals surface area (Å²) in [5.74, 6) is 0. The van der Waals surface area contributed by atoms with Gasteiger partial charge >= 0.3 is 0 Å². The lowest BCUT2D eigenvalue weighted by molar-refractivity contribution is 0.481. The summed E-state index contributed by atoms with van der Waals surface area (Å²) in [5, 5.41) is -0.663. The van der Waals surface area contributed by atoms with E-state index in [0.29, 0.717) is 6.42 Å². The number of benzene rings is 1. The van der Waals surface area contributed by atoms with Crippen LogP contribution in [0.3, 0.4) is 0 Å². The van der Waals surface area contributed by atoms with Gasteiger partial charge in [-0.2, -0.15) is 4.31 Å². The Morgan fingerprint density at radius 2 is 1.79 bits per heavy atom. The largest absolute Gasteiger partial charge is 0.224 e. The van der Waals surface area contributed by atoms with Gasteiger partial charge in [0.05, 0.1) is 10.1 Å². The molecule has 1 aliphatic rings. The van der Waals surface area contributed by atoms with Gasteiger partial charge in [0, 0.05) is 13.1 Å². The number of rotatable bonds is 4. The number of hydrogen-bond donors (Lipinski definition) is 0.